The summed E-state index contributed by atoms with van der Waals surface area (Å²) in [6.45, 7) is 4.35. The predicted octanol–water partition coefficient (Wildman–Crippen LogP) is -0.0431. The standard InChI is InChI=1S/C12H24N2O4/c1-3-8-9(4-5-13-17)14(18)6-10(15)11(2)7-12(8,11)16/h8-10,13,15-18H,3-7H2,1-2H3/t8?,9-,10-,11?,12?/m1/s1. The summed E-state index contributed by atoms with van der Waals surface area (Å²) in [5.41, 5.74) is 0.659. The smallest absolute Gasteiger partial charge is 0.0778 e. The van der Waals surface area contributed by atoms with E-state index >= 15 is 0 Å². The minimum absolute atomic E-state index is 0.0991. The third-order valence-electron chi connectivity index (χ3n) is 5.05. The fourth-order valence-corrected chi connectivity index (χ4v) is 3.69. The molecule has 2 aliphatic rings. The van der Waals surface area contributed by atoms with Gasteiger partial charge in [0, 0.05) is 23.9 Å². The summed E-state index contributed by atoms with van der Waals surface area (Å²) in [6.07, 6.45) is 1.10. The Balaban J connectivity index is 2.23. The summed E-state index contributed by atoms with van der Waals surface area (Å²) in [5, 5.41) is 40.7. The molecular weight excluding hydrogens is 236 g/mol. The summed E-state index contributed by atoms with van der Waals surface area (Å²) >= 11 is 0. The summed E-state index contributed by atoms with van der Waals surface area (Å²) in [7, 11) is 0. The lowest BCUT2D eigenvalue weighted by Crippen LogP contribution is -2.45. The molecule has 106 valence electrons. The van der Waals surface area contributed by atoms with Crippen LogP contribution in [0, 0.1) is 11.3 Å². The first-order chi connectivity index (χ1) is 8.40. The van der Waals surface area contributed by atoms with Crippen molar-refractivity contribution in [3.63, 3.8) is 0 Å². The number of aliphatic hydroxyl groups excluding tert-OH is 1. The fourth-order valence-electron chi connectivity index (χ4n) is 3.69. The van der Waals surface area contributed by atoms with Crippen molar-refractivity contribution < 1.29 is 20.6 Å². The first kappa shape index (κ1) is 14.2. The van der Waals surface area contributed by atoms with E-state index in [-0.39, 0.29) is 18.5 Å². The van der Waals surface area contributed by atoms with E-state index in [1.165, 1.54) is 0 Å². The van der Waals surface area contributed by atoms with E-state index in [0.29, 0.717) is 19.4 Å². The monoisotopic (exact) mass is 260 g/mol. The SMILES string of the molecule is CCC1[C@@H](CCNO)N(O)C[C@@H](O)C2(C)CC12O. The highest BCUT2D eigenvalue weighted by atomic mass is 16.5. The van der Waals surface area contributed by atoms with Crippen molar-refractivity contribution in [2.75, 3.05) is 13.1 Å². The van der Waals surface area contributed by atoms with Crippen LogP contribution in [0.4, 0.5) is 0 Å². The van der Waals surface area contributed by atoms with E-state index in [4.69, 9.17) is 5.21 Å². The molecule has 5 atom stereocenters. The third kappa shape index (κ3) is 1.88. The fraction of sp³-hybridized carbons (Fsp3) is 1.00. The van der Waals surface area contributed by atoms with Gasteiger partial charge in [0.2, 0.25) is 0 Å². The lowest BCUT2D eigenvalue weighted by molar-refractivity contribution is -0.162. The molecule has 6 nitrogen and oxygen atoms in total. The predicted molar refractivity (Wildman–Crippen MR) is 64.1 cm³/mol. The molecule has 2 fully saturated rings. The minimum Gasteiger partial charge on any atom is -0.391 e. The molecule has 5 N–H and O–H groups in total. The number of hydroxylamine groups is 3. The third-order valence-corrected chi connectivity index (χ3v) is 5.05. The Morgan fingerprint density at radius 3 is 2.67 bits per heavy atom. The average molecular weight is 260 g/mol. The van der Waals surface area contributed by atoms with Gasteiger partial charge in [-0.1, -0.05) is 13.8 Å². The topological polar surface area (TPSA) is 96.2 Å². The van der Waals surface area contributed by atoms with Gasteiger partial charge >= 0.3 is 0 Å². The van der Waals surface area contributed by atoms with Crippen LogP contribution in [0.5, 0.6) is 0 Å². The van der Waals surface area contributed by atoms with Crippen LogP contribution in [-0.4, -0.2) is 56.5 Å². The van der Waals surface area contributed by atoms with E-state index in [1.807, 2.05) is 13.8 Å². The first-order valence-electron chi connectivity index (χ1n) is 6.63. The molecule has 0 spiro atoms. The Kier molecular flexibility index (Phi) is 3.70. The van der Waals surface area contributed by atoms with Gasteiger partial charge in [0.1, 0.15) is 0 Å². The van der Waals surface area contributed by atoms with Crippen molar-refractivity contribution in [1.82, 2.24) is 10.5 Å². The summed E-state index contributed by atoms with van der Waals surface area (Å²) < 4.78 is 0. The van der Waals surface area contributed by atoms with Crippen LogP contribution < -0.4 is 5.48 Å². The molecule has 2 rings (SSSR count). The molecule has 1 aliphatic carbocycles. The number of nitrogens with zero attached hydrogens (tertiary/aromatic N) is 1. The summed E-state index contributed by atoms with van der Waals surface area (Å²) in [4.78, 5) is 0. The van der Waals surface area contributed by atoms with Gasteiger partial charge in [-0.15, -0.1) is 0 Å². The summed E-state index contributed by atoms with van der Waals surface area (Å²) in [6, 6.07) is -0.251. The van der Waals surface area contributed by atoms with Crippen molar-refractivity contribution in [3.05, 3.63) is 0 Å². The molecule has 0 aromatic rings. The van der Waals surface area contributed by atoms with Crippen LogP contribution in [-0.2, 0) is 0 Å². The number of rotatable bonds is 4. The van der Waals surface area contributed by atoms with E-state index in [9.17, 15) is 15.4 Å². The zero-order valence-electron chi connectivity index (χ0n) is 11.0. The molecule has 0 bridgehead atoms. The van der Waals surface area contributed by atoms with Crippen LogP contribution in [0.25, 0.3) is 0 Å². The van der Waals surface area contributed by atoms with E-state index < -0.39 is 17.1 Å². The molecule has 18 heavy (non-hydrogen) atoms. The van der Waals surface area contributed by atoms with Crippen LogP contribution in [0.2, 0.25) is 0 Å². The van der Waals surface area contributed by atoms with Gasteiger partial charge in [0.05, 0.1) is 18.2 Å². The van der Waals surface area contributed by atoms with Crippen LogP contribution in [0.1, 0.15) is 33.1 Å². The zero-order valence-corrected chi connectivity index (χ0v) is 11.0. The molecule has 1 saturated heterocycles. The van der Waals surface area contributed by atoms with E-state index in [0.717, 1.165) is 11.5 Å². The van der Waals surface area contributed by atoms with Crippen molar-refractivity contribution in [1.29, 1.82) is 0 Å². The molecule has 3 unspecified atom stereocenters. The number of hydrogen-bond donors (Lipinski definition) is 5. The maximum atomic E-state index is 10.7. The minimum atomic E-state index is -0.904. The Bertz CT molecular complexity index is 316. The first-order valence-corrected chi connectivity index (χ1v) is 6.63. The number of aliphatic hydroxyl groups is 2. The maximum absolute atomic E-state index is 10.7. The number of nitrogens with one attached hydrogen (secondary N) is 1. The molecule has 0 radical (unpaired) electrons. The Hall–Kier alpha value is -0.240. The van der Waals surface area contributed by atoms with Crippen molar-refractivity contribution in [2.45, 2.75) is 50.9 Å². The largest absolute Gasteiger partial charge is 0.391 e. The van der Waals surface area contributed by atoms with Gasteiger partial charge in [-0.2, -0.15) is 5.06 Å². The van der Waals surface area contributed by atoms with Crippen molar-refractivity contribution in [2.24, 2.45) is 11.3 Å². The number of fused-ring (bicyclic) bond motifs is 1. The van der Waals surface area contributed by atoms with E-state index in [1.54, 1.807) is 0 Å². The molecule has 0 aromatic carbocycles. The zero-order chi connectivity index (χ0) is 13.6. The molecule has 0 amide bonds. The Morgan fingerprint density at radius 2 is 2.11 bits per heavy atom. The van der Waals surface area contributed by atoms with Crippen molar-refractivity contribution in [3.8, 4) is 0 Å². The summed E-state index contributed by atoms with van der Waals surface area (Å²) in [5.74, 6) is -0.0991. The second kappa shape index (κ2) is 4.70. The Labute approximate surface area is 107 Å². The lowest BCUT2D eigenvalue weighted by atomic mass is 9.83. The molecule has 6 heteroatoms. The lowest BCUT2D eigenvalue weighted by Gasteiger charge is -2.34. The molecular formula is C12H24N2O4. The van der Waals surface area contributed by atoms with Crippen LogP contribution in [0.3, 0.4) is 0 Å². The highest BCUT2D eigenvalue weighted by Crippen LogP contribution is 2.65. The van der Waals surface area contributed by atoms with Crippen LogP contribution >= 0.6 is 0 Å². The van der Waals surface area contributed by atoms with Crippen molar-refractivity contribution >= 4 is 0 Å². The van der Waals surface area contributed by atoms with Gasteiger partial charge < -0.3 is 20.6 Å². The second-order valence-corrected chi connectivity index (χ2v) is 5.94. The molecule has 0 aromatic heterocycles. The van der Waals surface area contributed by atoms with Gasteiger partial charge in [-0.05, 0) is 19.3 Å². The van der Waals surface area contributed by atoms with Gasteiger partial charge in [0.15, 0.2) is 0 Å². The van der Waals surface area contributed by atoms with E-state index in [2.05, 4.69) is 5.48 Å². The molecule has 1 saturated carbocycles. The number of β-amino-alcohol motifs (C(OH)–C–C–N with tert-alkyl or cyclic N) is 1. The van der Waals surface area contributed by atoms with Crippen LogP contribution in [0.15, 0.2) is 0 Å². The Morgan fingerprint density at radius 1 is 1.44 bits per heavy atom. The highest BCUT2D eigenvalue weighted by Gasteiger charge is 2.72. The maximum Gasteiger partial charge on any atom is 0.0778 e. The van der Waals surface area contributed by atoms with Gasteiger partial charge in [-0.25, -0.2) is 5.48 Å². The molecule has 1 heterocycles. The number of hydrogen-bond acceptors (Lipinski definition) is 6. The normalized spacial score (nSPS) is 48.7. The average Bonchev–Trinajstić information content (AvgIpc) is 2.89. The quantitative estimate of drug-likeness (QED) is 0.455. The molecule has 1 aliphatic heterocycles. The highest BCUT2D eigenvalue weighted by molar-refractivity contribution is 5.22. The van der Waals surface area contributed by atoms with Gasteiger partial charge in [0.25, 0.3) is 0 Å². The second-order valence-electron chi connectivity index (χ2n) is 5.94. The van der Waals surface area contributed by atoms with Gasteiger partial charge in [-0.3, -0.25) is 0 Å².